The second kappa shape index (κ2) is 8.48. The molecule has 8 nitrogen and oxygen atoms in total. The summed E-state index contributed by atoms with van der Waals surface area (Å²) in [5, 5.41) is 9.66. The van der Waals surface area contributed by atoms with Crippen LogP contribution >= 0.6 is 15.9 Å². The van der Waals surface area contributed by atoms with Crippen LogP contribution in [0.15, 0.2) is 62.3 Å². The van der Waals surface area contributed by atoms with Crippen LogP contribution in [0.5, 0.6) is 0 Å². The van der Waals surface area contributed by atoms with Crippen molar-refractivity contribution in [3.05, 3.63) is 68.9 Å². The number of piperidine rings is 1. The molecule has 0 bridgehead atoms. The van der Waals surface area contributed by atoms with E-state index < -0.39 is 11.4 Å². The fourth-order valence-electron chi connectivity index (χ4n) is 5.75. The highest BCUT2D eigenvalue weighted by Crippen LogP contribution is 2.46. The number of hydrogen-bond donors (Lipinski definition) is 1. The van der Waals surface area contributed by atoms with Crippen LogP contribution in [0.3, 0.4) is 0 Å². The van der Waals surface area contributed by atoms with Gasteiger partial charge in [0, 0.05) is 54.7 Å². The number of rotatable bonds is 5. The highest BCUT2D eigenvalue weighted by molar-refractivity contribution is 9.10. The van der Waals surface area contributed by atoms with Crippen molar-refractivity contribution in [2.45, 2.75) is 19.3 Å². The fourth-order valence-corrected chi connectivity index (χ4v) is 6.38. The molecular formula is C28H25BrN4O4. The molecule has 1 saturated carbocycles. The molecule has 1 aliphatic carbocycles. The van der Waals surface area contributed by atoms with Gasteiger partial charge in [-0.25, -0.2) is 4.79 Å². The van der Waals surface area contributed by atoms with E-state index in [1.54, 1.807) is 4.57 Å². The first kappa shape index (κ1) is 22.6. The van der Waals surface area contributed by atoms with Crippen LogP contribution in [0.2, 0.25) is 0 Å². The summed E-state index contributed by atoms with van der Waals surface area (Å²) in [5.74, 6) is 0.270. The highest BCUT2D eigenvalue weighted by atomic mass is 79.9. The van der Waals surface area contributed by atoms with Crippen molar-refractivity contribution in [2.24, 2.45) is 11.8 Å². The van der Waals surface area contributed by atoms with E-state index in [1.807, 2.05) is 30.3 Å². The van der Waals surface area contributed by atoms with Gasteiger partial charge in [0.2, 0.25) is 0 Å². The molecule has 1 N–H and O–H groups in total. The number of carbonyl (C=O) groups is 1. The number of oxazole rings is 1. The van der Waals surface area contributed by atoms with Crippen molar-refractivity contribution >= 4 is 44.7 Å². The lowest BCUT2D eigenvalue weighted by atomic mass is 10.1. The lowest BCUT2D eigenvalue weighted by Crippen LogP contribution is -2.21. The summed E-state index contributed by atoms with van der Waals surface area (Å²) in [6.45, 7) is 4.01. The van der Waals surface area contributed by atoms with Crippen LogP contribution in [-0.4, -0.2) is 46.8 Å². The van der Waals surface area contributed by atoms with Crippen LogP contribution in [-0.2, 0) is 0 Å². The zero-order valence-electron chi connectivity index (χ0n) is 20.1. The molecule has 2 aromatic carbocycles. The van der Waals surface area contributed by atoms with Crippen molar-refractivity contribution in [3.63, 3.8) is 0 Å². The molecule has 37 heavy (non-hydrogen) atoms. The molecule has 7 rings (SSSR count). The van der Waals surface area contributed by atoms with E-state index in [4.69, 9.17) is 4.42 Å². The van der Waals surface area contributed by atoms with E-state index in [1.165, 1.54) is 31.5 Å². The molecule has 0 radical (unpaired) electrons. The van der Waals surface area contributed by atoms with Crippen molar-refractivity contribution < 1.29 is 14.3 Å². The van der Waals surface area contributed by atoms with E-state index in [-0.39, 0.29) is 5.56 Å². The molecule has 2 unspecified atom stereocenters. The van der Waals surface area contributed by atoms with Gasteiger partial charge in [-0.15, -0.1) is 0 Å². The first-order valence-corrected chi connectivity index (χ1v) is 13.4. The largest absolute Gasteiger partial charge is 0.477 e. The number of halogens is 1. The minimum atomic E-state index is -1.26. The molecule has 2 atom stereocenters. The lowest BCUT2D eigenvalue weighted by Gasteiger charge is -2.21. The van der Waals surface area contributed by atoms with E-state index in [0.717, 1.165) is 59.3 Å². The van der Waals surface area contributed by atoms with Crippen LogP contribution in [0.25, 0.3) is 28.0 Å². The molecule has 3 aliphatic rings. The Morgan fingerprint density at radius 2 is 1.81 bits per heavy atom. The van der Waals surface area contributed by atoms with Gasteiger partial charge in [-0.05, 0) is 76.9 Å². The maximum absolute atomic E-state index is 12.7. The lowest BCUT2D eigenvalue weighted by molar-refractivity contribution is 0.0695. The number of pyridine rings is 1. The smallest absolute Gasteiger partial charge is 0.341 e. The zero-order valence-corrected chi connectivity index (χ0v) is 21.6. The maximum atomic E-state index is 12.7. The minimum absolute atomic E-state index is 0.286. The monoisotopic (exact) mass is 560 g/mol. The number of fused-ring (bicyclic) bond motifs is 2. The average molecular weight is 561 g/mol. The van der Waals surface area contributed by atoms with Gasteiger partial charge in [0.1, 0.15) is 11.1 Å². The Balaban J connectivity index is 1.32. The van der Waals surface area contributed by atoms with Gasteiger partial charge in [-0.1, -0.05) is 6.07 Å². The first-order chi connectivity index (χ1) is 17.9. The number of benzene rings is 2. The molecule has 2 aromatic heterocycles. The Hall–Kier alpha value is -3.59. The third-order valence-electron chi connectivity index (χ3n) is 7.86. The van der Waals surface area contributed by atoms with Crippen molar-refractivity contribution in [3.8, 4) is 16.9 Å². The third kappa shape index (κ3) is 3.92. The van der Waals surface area contributed by atoms with Gasteiger partial charge in [-0.3, -0.25) is 4.79 Å². The number of hydrogen-bond acceptors (Lipinski definition) is 6. The summed E-state index contributed by atoms with van der Waals surface area (Å²) in [6.07, 6.45) is 5.05. The summed E-state index contributed by atoms with van der Waals surface area (Å²) in [5.41, 5.74) is 3.77. The minimum Gasteiger partial charge on any atom is -0.477 e. The standard InChI is InChI=1S/C28H25BrN4O4/c29-21-10-16(3-6-23(21)31-7-1-2-8-31)24-12-25(34)20(27(35)36)15-33(24)19-4-5-22-26(11-19)37-28(30-22)32-13-17-9-18(17)14-32/h3-6,10-12,15,17-18H,1-2,7-9,13-14H2,(H,35,36). The molecule has 188 valence electrons. The molecule has 2 saturated heterocycles. The predicted molar refractivity (Wildman–Crippen MR) is 145 cm³/mol. The number of aromatic nitrogens is 2. The number of anilines is 2. The second-order valence-electron chi connectivity index (χ2n) is 10.3. The Kier molecular flexibility index (Phi) is 5.18. The van der Waals surface area contributed by atoms with E-state index in [9.17, 15) is 14.7 Å². The number of nitrogens with zero attached hydrogens (tertiary/aromatic N) is 4. The van der Waals surface area contributed by atoms with Gasteiger partial charge >= 0.3 is 5.97 Å². The molecule has 4 heterocycles. The predicted octanol–water partition coefficient (Wildman–Crippen LogP) is 5.16. The Labute approximate surface area is 221 Å². The molecule has 0 amide bonds. The topological polar surface area (TPSA) is 91.8 Å². The summed E-state index contributed by atoms with van der Waals surface area (Å²) in [6, 6.07) is 13.7. The van der Waals surface area contributed by atoms with Crippen molar-refractivity contribution in [1.29, 1.82) is 0 Å². The van der Waals surface area contributed by atoms with Gasteiger partial charge in [0.05, 0.1) is 11.4 Å². The van der Waals surface area contributed by atoms with Crippen LogP contribution < -0.4 is 15.2 Å². The summed E-state index contributed by atoms with van der Waals surface area (Å²) >= 11 is 3.72. The quantitative estimate of drug-likeness (QED) is 0.360. The Morgan fingerprint density at radius 3 is 2.54 bits per heavy atom. The van der Waals surface area contributed by atoms with Crippen molar-refractivity contribution in [2.75, 3.05) is 36.0 Å². The third-order valence-corrected chi connectivity index (χ3v) is 8.50. The van der Waals surface area contributed by atoms with E-state index in [2.05, 4.69) is 36.8 Å². The average Bonchev–Trinajstić information content (AvgIpc) is 3.31. The summed E-state index contributed by atoms with van der Waals surface area (Å²) in [7, 11) is 0. The molecule has 0 spiro atoms. The Morgan fingerprint density at radius 1 is 1.03 bits per heavy atom. The van der Waals surface area contributed by atoms with E-state index >= 15 is 0 Å². The Bertz CT molecular complexity index is 1610. The summed E-state index contributed by atoms with van der Waals surface area (Å²) < 4.78 is 8.81. The summed E-state index contributed by atoms with van der Waals surface area (Å²) in [4.78, 5) is 33.8. The van der Waals surface area contributed by atoms with Crippen LogP contribution in [0, 0.1) is 11.8 Å². The fraction of sp³-hybridized carbons (Fsp3) is 0.321. The van der Waals surface area contributed by atoms with Gasteiger partial charge < -0.3 is 23.9 Å². The number of carboxylic acid groups (broad SMARTS) is 1. The zero-order chi connectivity index (χ0) is 25.3. The molecule has 2 aliphatic heterocycles. The van der Waals surface area contributed by atoms with Crippen LogP contribution in [0.1, 0.15) is 29.6 Å². The normalized spacial score (nSPS) is 20.6. The molecule has 9 heteroatoms. The molecule has 3 fully saturated rings. The van der Waals surface area contributed by atoms with Gasteiger partial charge in [0.25, 0.3) is 6.01 Å². The maximum Gasteiger partial charge on any atom is 0.341 e. The van der Waals surface area contributed by atoms with Gasteiger partial charge in [0.15, 0.2) is 11.0 Å². The van der Waals surface area contributed by atoms with Crippen LogP contribution in [0.4, 0.5) is 11.7 Å². The van der Waals surface area contributed by atoms with Crippen molar-refractivity contribution in [1.82, 2.24) is 9.55 Å². The van der Waals surface area contributed by atoms with Gasteiger partial charge in [-0.2, -0.15) is 4.98 Å². The second-order valence-corrected chi connectivity index (χ2v) is 11.1. The molecular weight excluding hydrogens is 536 g/mol. The van der Waals surface area contributed by atoms with E-state index in [0.29, 0.717) is 23.0 Å². The molecule has 4 aromatic rings. The first-order valence-electron chi connectivity index (χ1n) is 12.7. The highest BCUT2D eigenvalue weighted by Gasteiger charge is 2.46. The number of carboxylic acids is 1. The SMILES string of the molecule is O=C(O)c1cn(-c2ccc3nc(N4CC5CC5C4)oc3c2)c(-c2ccc(N3CCCC3)c(Br)c2)cc1=O. The number of aromatic carboxylic acids is 1.